The Morgan fingerprint density at radius 1 is 1.56 bits per heavy atom. The maximum absolute atomic E-state index is 11.7. The molecule has 0 aliphatic carbocycles. The number of rotatable bonds is 5. The SMILES string of the molecule is C=CCNC(=O)Cc1c[nH]c2ccc(OC)cc12. The number of H-pyrrole nitrogens is 1. The number of methoxy groups -OCH3 is 1. The summed E-state index contributed by atoms with van der Waals surface area (Å²) in [6.45, 7) is 4.06. The van der Waals surface area contributed by atoms with Crippen molar-refractivity contribution in [3.05, 3.63) is 42.6 Å². The topological polar surface area (TPSA) is 54.1 Å². The Kier molecular flexibility index (Phi) is 3.67. The number of benzene rings is 1. The van der Waals surface area contributed by atoms with E-state index in [1.165, 1.54) is 0 Å². The summed E-state index contributed by atoms with van der Waals surface area (Å²) in [7, 11) is 1.63. The Hall–Kier alpha value is -2.23. The van der Waals surface area contributed by atoms with E-state index in [0.29, 0.717) is 13.0 Å². The first-order valence-corrected chi connectivity index (χ1v) is 5.76. The second-order valence-electron chi connectivity index (χ2n) is 3.99. The van der Waals surface area contributed by atoms with Crippen molar-refractivity contribution in [3.8, 4) is 5.75 Å². The van der Waals surface area contributed by atoms with E-state index in [-0.39, 0.29) is 5.91 Å². The van der Waals surface area contributed by atoms with E-state index in [0.717, 1.165) is 22.2 Å². The fourth-order valence-corrected chi connectivity index (χ4v) is 1.85. The minimum Gasteiger partial charge on any atom is -0.497 e. The predicted molar refractivity (Wildman–Crippen MR) is 71.8 cm³/mol. The molecule has 0 fully saturated rings. The Morgan fingerprint density at radius 3 is 3.11 bits per heavy atom. The number of nitrogens with one attached hydrogen (secondary N) is 2. The molecule has 0 aliphatic heterocycles. The number of ether oxygens (including phenoxy) is 1. The molecule has 0 bridgehead atoms. The van der Waals surface area contributed by atoms with Gasteiger partial charge in [-0.05, 0) is 23.8 Å². The van der Waals surface area contributed by atoms with Crippen molar-refractivity contribution in [3.63, 3.8) is 0 Å². The smallest absolute Gasteiger partial charge is 0.224 e. The summed E-state index contributed by atoms with van der Waals surface area (Å²) in [5.41, 5.74) is 1.97. The zero-order valence-corrected chi connectivity index (χ0v) is 10.3. The fourth-order valence-electron chi connectivity index (χ4n) is 1.85. The van der Waals surface area contributed by atoms with Gasteiger partial charge in [0.15, 0.2) is 0 Å². The maximum Gasteiger partial charge on any atom is 0.224 e. The average Bonchev–Trinajstić information content (AvgIpc) is 2.78. The van der Waals surface area contributed by atoms with E-state index in [1.807, 2.05) is 24.4 Å². The standard InChI is InChI=1S/C14H16N2O2/c1-3-6-15-14(17)7-10-9-16-13-5-4-11(18-2)8-12(10)13/h3-5,8-9,16H,1,6-7H2,2H3,(H,15,17). The molecule has 1 aromatic carbocycles. The van der Waals surface area contributed by atoms with Gasteiger partial charge in [-0.15, -0.1) is 6.58 Å². The lowest BCUT2D eigenvalue weighted by molar-refractivity contribution is -0.120. The highest BCUT2D eigenvalue weighted by Crippen LogP contribution is 2.23. The van der Waals surface area contributed by atoms with Crippen LogP contribution in [0.15, 0.2) is 37.1 Å². The second-order valence-corrected chi connectivity index (χ2v) is 3.99. The van der Waals surface area contributed by atoms with Gasteiger partial charge in [-0.25, -0.2) is 0 Å². The van der Waals surface area contributed by atoms with Crippen molar-refractivity contribution >= 4 is 16.8 Å². The lowest BCUT2D eigenvalue weighted by Crippen LogP contribution is -2.24. The monoisotopic (exact) mass is 244 g/mol. The number of hydrogen-bond donors (Lipinski definition) is 2. The van der Waals surface area contributed by atoms with Crippen LogP contribution < -0.4 is 10.1 Å². The minimum atomic E-state index is -0.0152. The molecule has 0 aliphatic rings. The summed E-state index contributed by atoms with van der Waals surface area (Å²) in [4.78, 5) is 14.8. The molecular formula is C14H16N2O2. The molecule has 0 spiro atoms. The Bertz CT molecular complexity index is 572. The normalized spacial score (nSPS) is 10.3. The van der Waals surface area contributed by atoms with Gasteiger partial charge in [0.2, 0.25) is 5.91 Å². The van der Waals surface area contributed by atoms with E-state index in [1.54, 1.807) is 13.2 Å². The van der Waals surface area contributed by atoms with Crippen LogP contribution in [0.3, 0.4) is 0 Å². The lowest BCUT2D eigenvalue weighted by atomic mass is 10.1. The third-order valence-electron chi connectivity index (χ3n) is 2.77. The molecule has 18 heavy (non-hydrogen) atoms. The van der Waals surface area contributed by atoms with Crippen molar-refractivity contribution in [2.24, 2.45) is 0 Å². The molecule has 2 rings (SSSR count). The number of fused-ring (bicyclic) bond motifs is 1. The molecule has 94 valence electrons. The summed E-state index contributed by atoms with van der Waals surface area (Å²) < 4.78 is 5.19. The predicted octanol–water partition coefficient (Wildman–Crippen LogP) is 2.02. The third-order valence-corrected chi connectivity index (χ3v) is 2.77. The van der Waals surface area contributed by atoms with Gasteiger partial charge < -0.3 is 15.0 Å². The van der Waals surface area contributed by atoms with Crippen molar-refractivity contribution in [1.82, 2.24) is 10.3 Å². The van der Waals surface area contributed by atoms with Crippen molar-refractivity contribution in [1.29, 1.82) is 0 Å². The van der Waals surface area contributed by atoms with E-state index in [9.17, 15) is 4.79 Å². The van der Waals surface area contributed by atoms with Gasteiger partial charge in [0.05, 0.1) is 13.5 Å². The van der Waals surface area contributed by atoms with E-state index < -0.39 is 0 Å². The molecule has 1 aromatic heterocycles. The molecule has 0 atom stereocenters. The molecule has 1 heterocycles. The first-order valence-electron chi connectivity index (χ1n) is 5.76. The van der Waals surface area contributed by atoms with Gasteiger partial charge in [0, 0.05) is 23.6 Å². The molecule has 2 aromatic rings. The van der Waals surface area contributed by atoms with Crippen LogP contribution in [0.2, 0.25) is 0 Å². The Balaban J connectivity index is 2.22. The maximum atomic E-state index is 11.7. The van der Waals surface area contributed by atoms with Crippen molar-refractivity contribution in [2.75, 3.05) is 13.7 Å². The second kappa shape index (κ2) is 5.40. The molecular weight excluding hydrogens is 228 g/mol. The molecule has 2 N–H and O–H groups in total. The van der Waals surface area contributed by atoms with E-state index in [4.69, 9.17) is 4.74 Å². The number of amides is 1. The van der Waals surface area contributed by atoms with Gasteiger partial charge in [-0.2, -0.15) is 0 Å². The first kappa shape index (κ1) is 12.2. The average molecular weight is 244 g/mol. The molecule has 0 radical (unpaired) electrons. The highest BCUT2D eigenvalue weighted by molar-refractivity contribution is 5.89. The van der Waals surface area contributed by atoms with Crippen LogP contribution >= 0.6 is 0 Å². The molecule has 0 saturated heterocycles. The largest absolute Gasteiger partial charge is 0.497 e. The van der Waals surface area contributed by atoms with Crippen LogP contribution in [0.25, 0.3) is 10.9 Å². The van der Waals surface area contributed by atoms with Crippen LogP contribution in [-0.4, -0.2) is 24.5 Å². The highest BCUT2D eigenvalue weighted by Gasteiger charge is 2.08. The van der Waals surface area contributed by atoms with E-state index >= 15 is 0 Å². The van der Waals surface area contributed by atoms with Crippen molar-refractivity contribution < 1.29 is 9.53 Å². The summed E-state index contributed by atoms with van der Waals surface area (Å²) in [6.07, 6.45) is 3.87. The van der Waals surface area contributed by atoms with Crippen LogP contribution in [-0.2, 0) is 11.2 Å². The van der Waals surface area contributed by atoms with Gasteiger partial charge in [-0.1, -0.05) is 6.08 Å². The molecule has 4 heteroatoms. The Labute approximate surface area is 106 Å². The lowest BCUT2D eigenvalue weighted by Gasteiger charge is -2.03. The number of hydrogen-bond acceptors (Lipinski definition) is 2. The first-order chi connectivity index (χ1) is 8.74. The van der Waals surface area contributed by atoms with Crippen molar-refractivity contribution in [2.45, 2.75) is 6.42 Å². The number of carbonyl (C=O) groups is 1. The quantitative estimate of drug-likeness (QED) is 0.791. The number of aromatic nitrogens is 1. The third kappa shape index (κ3) is 2.53. The van der Waals surface area contributed by atoms with E-state index in [2.05, 4.69) is 16.9 Å². The molecule has 4 nitrogen and oxygen atoms in total. The van der Waals surface area contributed by atoms with Gasteiger partial charge in [0.1, 0.15) is 5.75 Å². The molecule has 0 saturated carbocycles. The molecule has 0 unspecified atom stereocenters. The van der Waals surface area contributed by atoms with Crippen LogP contribution in [0, 0.1) is 0 Å². The van der Waals surface area contributed by atoms with Gasteiger partial charge >= 0.3 is 0 Å². The summed E-state index contributed by atoms with van der Waals surface area (Å²) in [5, 5.41) is 3.78. The summed E-state index contributed by atoms with van der Waals surface area (Å²) >= 11 is 0. The van der Waals surface area contributed by atoms with Crippen LogP contribution in [0.5, 0.6) is 5.75 Å². The number of carbonyl (C=O) groups excluding carboxylic acids is 1. The summed E-state index contributed by atoms with van der Waals surface area (Å²) in [6, 6.07) is 5.77. The van der Waals surface area contributed by atoms with Crippen LogP contribution in [0.4, 0.5) is 0 Å². The van der Waals surface area contributed by atoms with Gasteiger partial charge in [0.25, 0.3) is 0 Å². The zero-order chi connectivity index (χ0) is 13.0. The highest BCUT2D eigenvalue weighted by atomic mass is 16.5. The van der Waals surface area contributed by atoms with Gasteiger partial charge in [-0.3, -0.25) is 4.79 Å². The zero-order valence-electron chi connectivity index (χ0n) is 10.3. The van der Waals surface area contributed by atoms with Crippen LogP contribution in [0.1, 0.15) is 5.56 Å². The number of aromatic amines is 1. The Morgan fingerprint density at radius 2 is 2.39 bits per heavy atom. The summed E-state index contributed by atoms with van der Waals surface area (Å²) in [5.74, 6) is 0.772. The molecule has 1 amide bonds. The minimum absolute atomic E-state index is 0.0152. The fraction of sp³-hybridized carbons (Fsp3) is 0.214.